The number of phenols is 1. The van der Waals surface area contributed by atoms with Crippen LogP contribution >= 0.6 is 0 Å². The first-order valence-corrected chi connectivity index (χ1v) is 8.06. The molecule has 124 valence electrons. The highest BCUT2D eigenvalue weighted by Crippen LogP contribution is 2.22. The number of likely N-dealkylation sites (tertiary alicyclic amines) is 1. The lowest BCUT2D eigenvalue weighted by molar-refractivity contribution is 0.474. The number of phenolic OH excluding ortho intramolecular Hbond substituents is 1. The van der Waals surface area contributed by atoms with E-state index in [1.54, 1.807) is 30.3 Å². The fraction of sp³-hybridized carbons (Fsp3) is 0.263. The van der Waals surface area contributed by atoms with E-state index in [1.165, 1.54) is 12.1 Å². The Morgan fingerprint density at radius 2 is 1.71 bits per heavy atom. The molecule has 1 fully saturated rings. The van der Waals surface area contributed by atoms with Crippen molar-refractivity contribution in [2.75, 3.05) is 13.1 Å². The molecule has 0 radical (unpaired) electrons. The summed E-state index contributed by atoms with van der Waals surface area (Å²) >= 11 is 0. The Balaban J connectivity index is 2.02. The molecule has 0 amide bonds. The molecule has 0 aliphatic carbocycles. The van der Waals surface area contributed by atoms with Crippen LogP contribution in [-0.4, -0.2) is 34.8 Å². The van der Waals surface area contributed by atoms with E-state index in [0.29, 0.717) is 17.1 Å². The van der Waals surface area contributed by atoms with Crippen LogP contribution in [0.5, 0.6) is 5.75 Å². The van der Waals surface area contributed by atoms with Crippen molar-refractivity contribution >= 4 is 17.4 Å². The molecule has 3 rings (SSSR count). The molecule has 1 heterocycles. The largest absolute Gasteiger partial charge is 0.507 e. The molecule has 0 aromatic heterocycles. The Hall–Kier alpha value is -2.69. The van der Waals surface area contributed by atoms with Gasteiger partial charge in [-0.3, -0.25) is 0 Å². The van der Waals surface area contributed by atoms with Crippen LogP contribution in [0.2, 0.25) is 0 Å². The Morgan fingerprint density at radius 1 is 1.04 bits per heavy atom. The molecular formula is C19H20FN3O. The smallest absolute Gasteiger partial charge is 0.165 e. The van der Waals surface area contributed by atoms with Gasteiger partial charge in [0.1, 0.15) is 17.4 Å². The second kappa shape index (κ2) is 7.25. The number of aromatic hydroxyl groups is 1. The maximum Gasteiger partial charge on any atom is 0.165 e. The summed E-state index contributed by atoms with van der Waals surface area (Å²) in [5.41, 5.74) is 1.15. The molecule has 0 bridgehead atoms. The zero-order chi connectivity index (χ0) is 16.9. The highest BCUT2D eigenvalue weighted by Gasteiger charge is 2.15. The van der Waals surface area contributed by atoms with Crippen molar-refractivity contribution in [2.45, 2.75) is 19.8 Å². The fourth-order valence-electron chi connectivity index (χ4n) is 2.71. The molecule has 1 N–H and O–H groups in total. The molecule has 5 heteroatoms. The van der Waals surface area contributed by atoms with Gasteiger partial charge < -0.3 is 10.0 Å². The minimum Gasteiger partial charge on any atom is -0.507 e. The quantitative estimate of drug-likeness (QED) is 0.667. The van der Waals surface area contributed by atoms with Crippen LogP contribution < -0.4 is 0 Å². The number of benzene rings is 2. The molecule has 1 aliphatic heterocycles. The number of hydrogen-bond acceptors (Lipinski definition) is 2. The van der Waals surface area contributed by atoms with Crippen LogP contribution in [0.4, 0.5) is 10.1 Å². The van der Waals surface area contributed by atoms with Gasteiger partial charge in [0, 0.05) is 13.1 Å². The van der Waals surface area contributed by atoms with E-state index in [4.69, 9.17) is 0 Å². The summed E-state index contributed by atoms with van der Waals surface area (Å²) in [7, 11) is 0. The van der Waals surface area contributed by atoms with Gasteiger partial charge in [0.15, 0.2) is 5.84 Å². The summed E-state index contributed by atoms with van der Waals surface area (Å²) in [6, 6.07) is 12.9. The normalized spacial score (nSPS) is 15.8. The molecule has 2 aromatic rings. The average Bonchev–Trinajstić information content (AvgIpc) is 3.11. The SMILES string of the molecule is CC(=NC(=Nc1ccc(F)cc1)c1ccccc1O)N1CCCC1. The predicted molar refractivity (Wildman–Crippen MR) is 94.6 cm³/mol. The number of halogens is 1. The maximum absolute atomic E-state index is 13.1. The number of nitrogens with zero attached hydrogens (tertiary/aromatic N) is 3. The zero-order valence-electron chi connectivity index (χ0n) is 13.6. The number of rotatable bonds is 2. The van der Waals surface area contributed by atoms with Gasteiger partial charge in [0.05, 0.1) is 11.3 Å². The second-order valence-corrected chi connectivity index (χ2v) is 5.78. The second-order valence-electron chi connectivity index (χ2n) is 5.78. The summed E-state index contributed by atoms with van der Waals surface area (Å²) in [4.78, 5) is 11.4. The van der Waals surface area contributed by atoms with Crippen molar-refractivity contribution in [1.82, 2.24) is 4.90 Å². The van der Waals surface area contributed by atoms with Crippen molar-refractivity contribution in [3.05, 3.63) is 59.9 Å². The highest BCUT2D eigenvalue weighted by molar-refractivity contribution is 6.08. The maximum atomic E-state index is 13.1. The van der Waals surface area contributed by atoms with Crippen LogP contribution in [0.25, 0.3) is 0 Å². The molecule has 4 nitrogen and oxygen atoms in total. The van der Waals surface area contributed by atoms with E-state index in [0.717, 1.165) is 31.8 Å². The molecule has 0 saturated carbocycles. The van der Waals surface area contributed by atoms with Crippen LogP contribution in [-0.2, 0) is 0 Å². The Bertz CT molecular complexity index is 762. The van der Waals surface area contributed by atoms with Crippen molar-refractivity contribution in [2.24, 2.45) is 9.98 Å². The Morgan fingerprint density at radius 3 is 2.38 bits per heavy atom. The molecule has 1 aliphatic rings. The fourth-order valence-corrected chi connectivity index (χ4v) is 2.71. The summed E-state index contributed by atoms with van der Waals surface area (Å²) < 4.78 is 13.1. The van der Waals surface area contributed by atoms with E-state index in [-0.39, 0.29) is 11.6 Å². The van der Waals surface area contributed by atoms with Crippen LogP contribution in [0.15, 0.2) is 58.5 Å². The molecule has 0 spiro atoms. The lowest BCUT2D eigenvalue weighted by Crippen LogP contribution is -2.26. The third kappa shape index (κ3) is 3.79. The molecular weight excluding hydrogens is 305 g/mol. The molecule has 24 heavy (non-hydrogen) atoms. The van der Waals surface area contributed by atoms with Crippen molar-refractivity contribution < 1.29 is 9.50 Å². The van der Waals surface area contributed by atoms with Gasteiger partial charge >= 0.3 is 0 Å². The summed E-state index contributed by atoms with van der Waals surface area (Å²) in [6.07, 6.45) is 2.32. The number of aliphatic imine (C=N–C) groups is 2. The van der Waals surface area contributed by atoms with Crippen molar-refractivity contribution in [3.8, 4) is 5.75 Å². The van der Waals surface area contributed by atoms with Crippen LogP contribution in [0, 0.1) is 5.82 Å². The predicted octanol–water partition coefficient (Wildman–Crippen LogP) is 4.12. The third-order valence-electron chi connectivity index (χ3n) is 4.04. The van der Waals surface area contributed by atoms with Gasteiger partial charge in [0.2, 0.25) is 0 Å². The summed E-state index contributed by atoms with van der Waals surface area (Å²) in [5, 5.41) is 10.2. The molecule has 0 atom stereocenters. The number of para-hydroxylation sites is 1. The van der Waals surface area contributed by atoms with E-state index < -0.39 is 0 Å². The van der Waals surface area contributed by atoms with Gasteiger partial charge in [-0.2, -0.15) is 0 Å². The first-order valence-electron chi connectivity index (χ1n) is 8.06. The van der Waals surface area contributed by atoms with Crippen molar-refractivity contribution in [3.63, 3.8) is 0 Å². The average molecular weight is 325 g/mol. The standard InChI is InChI=1S/C19H20FN3O/c1-14(23-12-4-5-13-23)21-19(17-6-2-3-7-18(17)24)22-16-10-8-15(20)9-11-16/h2-3,6-11,24H,4-5,12-13H2,1H3. The first-order chi connectivity index (χ1) is 11.6. The zero-order valence-corrected chi connectivity index (χ0v) is 13.6. The molecule has 2 aromatic carbocycles. The van der Waals surface area contributed by atoms with Gasteiger partial charge in [-0.25, -0.2) is 14.4 Å². The first kappa shape index (κ1) is 16.2. The Kier molecular flexibility index (Phi) is 4.89. The van der Waals surface area contributed by atoms with E-state index >= 15 is 0 Å². The molecule has 1 saturated heterocycles. The lowest BCUT2D eigenvalue weighted by Gasteiger charge is -2.17. The molecule has 0 unspecified atom stereocenters. The van der Waals surface area contributed by atoms with E-state index in [2.05, 4.69) is 14.9 Å². The van der Waals surface area contributed by atoms with Crippen LogP contribution in [0.3, 0.4) is 0 Å². The minimum absolute atomic E-state index is 0.122. The van der Waals surface area contributed by atoms with E-state index in [1.807, 2.05) is 13.0 Å². The van der Waals surface area contributed by atoms with Crippen LogP contribution in [0.1, 0.15) is 25.3 Å². The summed E-state index contributed by atoms with van der Waals surface area (Å²) in [6.45, 7) is 3.92. The monoisotopic (exact) mass is 325 g/mol. The third-order valence-corrected chi connectivity index (χ3v) is 4.04. The minimum atomic E-state index is -0.310. The van der Waals surface area contributed by atoms with Gasteiger partial charge in [-0.15, -0.1) is 0 Å². The topological polar surface area (TPSA) is 48.2 Å². The number of hydrogen-bond donors (Lipinski definition) is 1. The summed E-state index contributed by atoms with van der Waals surface area (Å²) in [5.74, 6) is 1.10. The van der Waals surface area contributed by atoms with Gasteiger partial charge in [0.25, 0.3) is 0 Å². The Labute approximate surface area is 141 Å². The lowest BCUT2D eigenvalue weighted by atomic mass is 10.2. The number of amidine groups is 2. The van der Waals surface area contributed by atoms with E-state index in [9.17, 15) is 9.50 Å². The van der Waals surface area contributed by atoms with Gasteiger partial charge in [-0.05, 0) is 56.2 Å². The van der Waals surface area contributed by atoms with Crippen molar-refractivity contribution in [1.29, 1.82) is 0 Å². The van der Waals surface area contributed by atoms with Gasteiger partial charge in [-0.1, -0.05) is 12.1 Å². The highest BCUT2D eigenvalue weighted by atomic mass is 19.1.